The zero-order chi connectivity index (χ0) is 19.6. The minimum absolute atomic E-state index is 0.229. The highest BCUT2D eigenvalue weighted by Crippen LogP contribution is 2.22. The van der Waals surface area contributed by atoms with Gasteiger partial charge in [-0.05, 0) is 26.0 Å². The molecule has 0 bridgehead atoms. The van der Waals surface area contributed by atoms with Gasteiger partial charge in [0.15, 0.2) is 15.0 Å². The van der Waals surface area contributed by atoms with Gasteiger partial charge in [0.2, 0.25) is 0 Å². The van der Waals surface area contributed by atoms with E-state index in [0.717, 1.165) is 5.56 Å². The van der Waals surface area contributed by atoms with Crippen LogP contribution in [0.4, 0.5) is 5.13 Å². The highest BCUT2D eigenvalue weighted by Gasteiger charge is 2.20. The summed E-state index contributed by atoms with van der Waals surface area (Å²) < 4.78 is 26.4. The van der Waals surface area contributed by atoms with Crippen LogP contribution in [0.15, 0.2) is 46.9 Å². The first-order chi connectivity index (χ1) is 12.7. The Kier molecular flexibility index (Phi) is 5.64. The summed E-state index contributed by atoms with van der Waals surface area (Å²) in [5, 5.41) is 9.06. The summed E-state index contributed by atoms with van der Waals surface area (Å²) in [6.45, 7) is 3.57. The molecule has 0 saturated carbocycles. The number of aryl methyl sites for hydroxylation is 1. The fraction of sp³-hybridized carbons (Fsp3) is 0.235. The van der Waals surface area contributed by atoms with E-state index in [1.807, 2.05) is 6.92 Å². The molecule has 1 amide bonds. The van der Waals surface area contributed by atoms with Crippen LogP contribution >= 0.6 is 22.9 Å². The van der Waals surface area contributed by atoms with E-state index in [1.165, 1.54) is 22.2 Å². The molecular formula is C17H17ClN4O3S2. The Hall–Kier alpha value is -2.23. The van der Waals surface area contributed by atoms with Crippen LogP contribution in [0.3, 0.4) is 0 Å². The smallest absolute Gasteiger partial charge is 0.250 e. The minimum Gasteiger partial charge on any atom is -0.300 e. The maximum atomic E-state index is 12.5. The number of carbonyl (C=O) groups excluding carboxylic acids is 1. The Labute approximate surface area is 165 Å². The molecule has 0 spiro atoms. The van der Waals surface area contributed by atoms with Crippen LogP contribution in [0, 0.1) is 6.92 Å². The molecule has 0 aliphatic rings. The van der Waals surface area contributed by atoms with Gasteiger partial charge < -0.3 is 5.32 Å². The van der Waals surface area contributed by atoms with Gasteiger partial charge in [-0.15, -0.1) is 11.3 Å². The summed E-state index contributed by atoms with van der Waals surface area (Å²) >= 11 is 6.98. The zero-order valence-corrected chi connectivity index (χ0v) is 17.0. The molecule has 0 saturated heterocycles. The highest BCUT2D eigenvalue weighted by atomic mass is 35.5. The topological polar surface area (TPSA) is 94.0 Å². The van der Waals surface area contributed by atoms with E-state index in [1.54, 1.807) is 42.8 Å². The number of nitrogens with zero attached hydrogens (tertiary/aromatic N) is 3. The lowest BCUT2D eigenvalue weighted by Crippen LogP contribution is -2.24. The summed E-state index contributed by atoms with van der Waals surface area (Å²) in [6.07, 6.45) is 3.00. The number of hydrogen-bond acceptors (Lipinski definition) is 6. The molecule has 10 heteroatoms. The molecule has 3 aromatic rings. The third-order valence-electron chi connectivity index (χ3n) is 3.85. The van der Waals surface area contributed by atoms with E-state index in [4.69, 9.17) is 11.6 Å². The van der Waals surface area contributed by atoms with Gasteiger partial charge >= 0.3 is 0 Å². The Morgan fingerprint density at radius 1 is 1.33 bits per heavy atom. The molecule has 1 N–H and O–H groups in total. The van der Waals surface area contributed by atoms with Gasteiger partial charge in [0.1, 0.15) is 6.04 Å². The fourth-order valence-corrected chi connectivity index (χ4v) is 4.53. The monoisotopic (exact) mass is 424 g/mol. The average molecular weight is 425 g/mol. The SMILES string of the molecule is Cc1ccc(S(=O)(=O)Cc2csc(NC(=O)[C@H](C)n3cc(Cl)cn3)n2)cc1. The van der Waals surface area contributed by atoms with E-state index in [0.29, 0.717) is 15.8 Å². The summed E-state index contributed by atoms with van der Waals surface area (Å²) in [7, 11) is -3.50. The van der Waals surface area contributed by atoms with E-state index in [2.05, 4.69) is 15.4 Å². The second-order valence-electron chi connectivity index (χ2n) is 6.02. The predicted octanol–water partition coefficient (Wildman–Crippen LogP) is 3.48. The van der Waals surface area contributed by atoms with Gasteiger partial charge in [-0.2, -0.15) is 5.10 Å². The third kappa shape index (κ3) is 4.74. The maximum absolute atomic E-state index is 12.5. The van der Waals surface area contributed by atoms with Crippen LogP contribution in [0.2, 0.25) is 5.02 Å². The van der Waals surface area contributed by atoms with E-state index >= 15 is 0 Å². The van der Waals surface area contributed by atoms with Crippen LogP contribution in [0.5, 0.6) is 0 Å². The molecule has 27 heavy (non-hydrogen) atoms. The van der Waals surface area contributed by atoms with Crippen LogP contribution < -0.4 is 5.32 Å². The standard InChI is InChI=1S/C17H17ClN4O3S2/c1-11-3-5-15(6-4-11)27(24,25)10-14-9-26-17(20-14)21-16(23)12(2)22-8-13(18)7-19-22/h3-9,12H,10H2,1-2H3,(H,20,21,23)/t12-/m0/s1. The molecule has 7 nitrogen and oxygen atoms in total. The molecule has 1 aromatic carbocycles. The Morgan fingerprint density at radius 3 is 2.67 bits per heavy atom. The van der Waals surface area contributed by atoms with Crippen molar-refractivity contribution in [2.75, 3.05) is 5.32 Å². The minimum atomic E-state index is -3.50. The number of hydrogen-bond donors (Lipinski definition) is 1. The second kappa shape index (κ2) is 7.79. The quantitative estimate of drug-likeness (QED) is 0.653. The van der Waals surface area contributed by atoms with Crippen molar-refractivity contribution in [2.24, 2.45) is 0 Å². The van der Waals surface area contributed by atoms with Crippen molar-refractivity contribution in [3.05, 3.63) is 58.3 Å². The van der Waals surface area contributed by atoms with Crippen molar-refractivity contribution in [1.82, 2.24) is 14.8 Å². The summed E-state index contributed by atoms with van der Waals surface area (Å²) in [5.74, 6) is -0.552. The number of rotatable bonds is 6. The number of amides is 1. The summed E-state index contributed by atoms with van der Waals surface area (Å²) in [6, 6.07) is 6.08. The molecule has 0 aliphatic carbocycles. The molecule has 0 aliphatic heterocycles. The van der Waals surface area contributed by atoms with Crippen LogP contribution in [-0.2, 0) is 20.4 Å². The number of benzene rings is 1. The normalized spacial score (nSPS) is 12.7. The Morgan fingerprint density at radius 2 is 2.04 bits per heavy atom. The Balaban J connectivity index is 1.67. The van der Waals surface area contributed by atoms with Gasteiger partial charge in [0.25, 0.3) is 5.91 Å². The van der Waals surface area contributed by atoms with Crippen molar-refractivity contribution < 1.29 is 13.2 Å². The molecule has 0 unspecified atom stereocenters. The highest BCUT2D eigenvalue weighted by molar-refractivity contribution is 7.90. The summed E-state index contributed by atoms with van der Waals surface area (Å²) in [5.41, 5.74) is 1.37. The number of carbonyl (C=O) groups is 1. The lowest BCUT2D eigenvalue weighted by Gasteiger charge is -2.10. The lowest BCUT2D eigenvalue weighted by molar-refractivity contribution is -0.119. The molecule has 0 fully saturated rings. The first kappa shape index (κ1) is 19.5. The van der Waals surface area contributed by atoms with Gasteiger partial charge in [-0.3, -0.25) is 9.48 Å². The predicted molar refractivity (Wildman–Crippen MR) is 105 cm³/mol. The number of anilines is 1. The van der Waals surface area contributed by atoms with Crippen molar-refractivity contribution in [2.45, 2.75) is 30.5 Å². The first-order valence-electron chi connectivity index (χ1n) is 7.99. The van der Waals surface area contributed by atoms with Crippen molar-refractivity contribution in [3.63, 3.8) is 0 Å². The number of halogens is 1. The molecule has 142 valence electrons. The zero-order valence-electron chi connectivity index (χ0n) is 14.6. The molecule has 3 rings (SSSR count). The largest absolute Gasteiger partial charge is 0.300 e. The number of nitrogens with one attached hydrogen (secondary N) is 1. The molecule has 0 radical (unpaired) electrons. The van der Waals surface area contributed by atoms with Crippen molar-refractivity contribution in [1.29, 1.82) is 0 Å². The van der Waals surface area contributed by atoms with Crippen molar-refractivity contribution >= 4 is 43.8 Å². The fourth-order valence-electron chi connectivity index (χ4n) is 2.31. The first-order valence-corrected chi connectivity index (χ1v) is 10.9. The van der Waals surface area contributed by atoms with Gasteiger partial charge in [0, 0.05) is 11.6 Å². The molecule has 2 heterocycles. The van der Waals surface area contributed by atoms with Crippen LogP contribution in [0.25, 0.3) is 0 Å². The Bertz CT molecular complexity index is 1060. The number of aromatic nitrogens is 3. The van der Waals surface area contributed by atoms with Crippen LogP contribution in [0.1, 0.15) is 24.2 Å². The van der Waals surface area contributed by atoms with Crippen molar-refractivity contribution in [3.8, 4) is 0 Å². The number of thiazole rings is 1. The molecular weight excluding hydrogens is 408 g/mol. The van der Waals surface area contributed by atoms with E-state index in [-0.39, 0.29) is 16.6 Å². The maximum Gasteiger partial charge on any atom is 0.250 e. The van der Waals surface area contributed by atoms with E-state index in [9.17, 15) is 13.2 Å². The van der Waals surface area contributed by atoms with Gasteiger partial charge in [0.05, 0.1) is 27.6 Å². The number of sulfone groups is 1. The van der Waals surface area contributed by atoms with Crippen LogP contribution in [-0.4, -0.2) is 29.1 Å². The lowest BCUT2D eigenvalue weighted by atomic mass is 10.2. The van der Waals surface area contributed by atoms with Gasteiger partial charge in [-0.25, -0.2) is 13.4 Å². The summed E-state index contributed by atoms with van der Waals surface area (Å²) in [4.78, 5) is 16.8. The van der Waals surface area contributed by atoms with E-state index < -0.39 is 15.9 Å². The second-order valence-corrected chi connectivity index (χ2v) is 9.30. The third-order valence-corrected chi connectivity index (χ3v) is 6.51. The molecule has 2 aromatic heterocycles. The average Bonchev–Trinajstić information content (AvgIpc) is 3.23. The van der Waals surface area contributed by atoms with Gasteiger partial charge in [-0.1, -0.05) is 29.3 Å². The molecule has 1 atom stereocenters.